The lowest BCUT2D eigenvalue weighted by molar-refractivity contribution is -0.132. The van der Waals surface area contributed by atoms with E-state index in [2.05, 4.69) is 29.2 Å². The molecule has 2 heterocycles. The van der Waals surface area contributed by atoms with Crippen LogP contribution in [0.2, 0.25) is 0 Å². The minimum Gasteiger partial charge on any atom is -0.343 e. The van der Waals surface area contributed by atoms with Gasteiger partial charge in [-0.15, -0.1) is 0 Å². The molecule has 6 nitrogen and oxygen atoms in total. The Morgan fingerprint density at radius 2 is 1.63 bits per heavy atom. The first-order valence-corrected chi connectivity index (χ1v) is 11.5. The number of rotatable bonds is 6. The number of amides is 1. The van der Waals surface area contributed by atoms with Crippen LogP contribution in [0.25, 0.3) is 0 Å². The second kappa shape index (κ2) is 9.17. The fourth-order valence-corrected chi connectivity index (χ4v) is 5.31. The minimum absolute atomic E-state index is 0.0223. The molecule has 27 heavy (non-hydrogen) atoms. The third-order valence-electron chi connectivity index (χ3n) is 5.76. The first-order chi connectivity index (χ1) is 12.9. The summed E-state index contributed by atoms with van der Waals surface area (Å²) in [4.78, 5) is 16.4. The molecule has 1 aromatic carbocycles. The number of carbonyl (C=O) groups excluding carboxylic acids is 1. The van der Waals surface area contributed by atoms with Crippen LogP contribution in [0.5, 0.6) is 0 Å². The Morgan fingerprint density at radius 1 is 1.00 bits per heavy atom. The van der Waals surface area contributed by atoms with E-state index in [1.54, 1.807) is 0 Å². The van der Waals surface area contributed by atoms with Crippen molar-refractivity contribution in [1.29, 1.82) is 0 Å². The molecule has 0 bridgehead atoms. The van der Waals surface area contributed by atoms with Gasteiger partial charge in [-0.1, -0.05) is 30.3 Å². The van der Waals surface area contributed by atoms with Gasteiger partial charge in [-0.3, -0.25) is 4.79 Å². The number of nitrogens with zero attached hydrogens (tertiary/aromatic N) is 3. The summed E-state index contributed by atoms with van der Waals surface area (Å²) in [7, 11) is -1.34. The van der Waals surface area contributed by atoms with E-state index >= 15 is 0 Å². The zero-order chi connectivity index (χ0) is 19.3. The van der Waals surface area contributed by atoms with Gasteiger partial charge in [0.25, 0.3) is 0 Å². The summed E-state index contributed by atoms with van der Waals surface area (Å²) in [5.41, 5.74) is 1.35. The molecular weight excluding hydrogens is 362 g/mol. The Morgan fingerprint density at radius 3 is 2.26 bits per heavy atom. The summed E-state index contributed by atoms with van der Waals surface area (Å²) in [5.74, 6) is 0.510. The van der Waals surface area contributed by atoms with Crippen molar-refractivity contribution in [3.63, 3.8) is 0 Å². The SMILES string of the molecule is CN1CCN(S(=O)(=O)CCC(=O)N2CCC(Cc3ccccc3)CC2)CC1. The average Bonchev–Trinajstić information content (AvgIpc) is 2.68. The molecule has 0 saturated carbocycles. The molecule has 0 N–H and O–H groups in total. The maximum atomic E-state index is 12.5. The molecule has 1 amide bonds. The molecule has 3 rings (SSSR count). The van der Waals surface area contributed by atoms with E-state index < -0.39 is 10.0 Å². The van der Waals surface area contributed by atoms with Crippen LogP contribution in [0.1, 0.15) is 24.8 Å². The monoisotopic (exact) mass is 393 g/mol. The highest BCUT2D eigenvalue weighted by Gasteiger charge is 2.28. The first-order valence-electron chi connectivity index (χ1n) is 9.92. The summed E-state index contributed by atoms with van der Waals surface area (Å²) < 4.78 is 26.5. The van der Waals surface area contributed by atoms with Gasteiger partial charge in [-0.25, -0.2) is 8.42 Å². The summed E-state index contributed by atoms with van der Waals surface area (Å²) in [6.45, 7) is 4.04. The van der Waals surface area contributed by atoms with Crippen molar-refractivity contribution in [2.24, 2.45) is 5.92 Å². The Kier molecular flexibility index (Phi) is 6.89. The fourth-order valence-electron chi connectivity index (χ4n) is 3.90. The van der Waals surface area contributed by atoms with Crippen LogP contribution in [0, 0.1) is 5.92 Å². The zero-order valence-electron chi connectivity index (χ0n) is 16.2. The van der Waals surface area contributed by atoms with Crippen LogP contribution in [0.4, 0.5) is 0 Å². The number of piperazine rings is 1. The highest BCUT2D eigenvalue weighted by molar-refractivity contribution is 7.89. The van der Waals surface area contributed by atoms with Gasteiger partial charge in [0.05, 0.1) is 5.75 Å². The Labute approximate surface area is 163 Å². The van der Waals surface area contributed by atoms with Crippen LogP contribution >= 0.6 is 0 Å². The number of carbonyl (C=O) groups is 1. The van der Waals surface area contributed by atoms with Gasteiger partial charge in [-0.2, -0.15) is 4.31 Å². The number of benzene rings is 1. The molecule has 1 aromatic rings. The average molecular weight is 394 g/mol. The van der Waals surface area contributed by atoms with E-state index in [1.165, 1.54) is 9.87 Å². The minimum atomic E-state index is -3.33. The number of hydrogen-bond acceptors (Lipinski definition) is 4. The molecule has 2 aliphatic rings. The van der Waals surface area contributed by atoms with Crippen molar-refractivity contribution in [3.05, 3.63) is 35.9 Å². The molecule has 150 valence electrons. The van der Waals surface area contributed by atoms with E-state index in [0.717, 1.165) is 45.4 Å². The number of likely N-dealkylation sites (N-methyl/N-ethyl adjacent to an activating group) is 1. The maximum absolute atomic E-state index is 12.5. The molecule has 0 aliphatic carbocycles. The Hall–Kier alpha value is -1.44. The lowest BCUT2D eigenvalue weighted by Gasteiger charge is -2.33. The van der Waals surface area contributed by atoms with Gasteiger partial charge < -0.3 is 9.80 Å². The van der Waals surface area contributed by atoms with E-state index in [9.17, 15) is 13.2 Å². The first kappa shape index (κ1) is 20.3. The molecule has 0 aromatic heterocycles. The van der Waals surface area contributed by atoms with Crippen molar-refractivity contribution in [2.45, 2.75) is 25.7 Å². The quantitative estimate of drug-likeness (QED) is 0.734. The molecule has 2 saturated heterocycles. The summed E-state index contributed by atoms with van der Waals surface area (Å²) >= 11 is 0. The van der Waals surface area contributed by atoms with Crippen molar-refractivity contribution < 1.29 is 13.2 Å². The molecule has 7 heteroatoms. The van der Waals surface area contributed by atoms with Crippen molar-refractivity contribution in [3.8, 4) is 0 Å². The molecule has 0 unspecified atom stereocenters. The van der Waals surface area contributed by atoms with E-state index in [-0.39, 0.29) is 18.1 Å². The second-order valence-electron chi connectivity index (χ2n) is 7.78. The molecule has 0 radical (unpaired) electrons. The van der Waals surface area contributed by atoms with Gasteiger partial charge in [0.1, 0.15) is 0 Å². The van der Waals surface area contributed by atoms with Crippen LogP contribution in [-0.4, -0.2) is 80.5 Å². The summed E-state index contributed by atoms with van der Waals surface area (Å²) in [5, 5.41) is 0. The van der Waals surface area contributed by atoms with Crippen molar-refractivity contribution in [1.82, 2.24) is 14.1 Å². The van der Waals surface area contributed by atoms with Gasteiger partial charge in [-0.05, 0) is 37.8 Å². The van der Waals surface area contributed by atoms with E-state index in [4.69, 9.17) is 0 Å². The van der Waals surface area contributed by atoms with Gasteiger partial charge >= 0.3 is 0 Å². The van der Waals surface area contributed by atoms with Crippen molar-refractivity contribution in [2.75, 3.05) is 52.1 Å². The number of piperidine rings is 1. The van der Waals surface area contributed by atoms with Crippen LogP contribution in [-0.2, 0) is 21.2 Å². The lowest BCUT2D eigenvalue weighted by atomic mass is 9.90. The van der Waals surface area contributed by atoms with Crippen LogP contribution < -0.4 is 0 Å². The number of sulfonamides is 1. The predicted molar refractivity (Wildman–Crippen MR) is 107 cm³/mol. The second-order valence-corrected chi connectivity index (χ2v) is 9.87. The van der Waals surface area contributed by atoms with Gasteiger partial charge in [0, 0.05) is 45.7 Å². The standard InChI is InChI=1S/C20H31N3O3S/c1-21-12-14-23(15-13-21)27(25,26)16-9-20(24)22-10-7-19(8-11-22)17-18-5-3-2-4-6-18/h2-6,19H,7-17H2,1H3. The van der Waals surface area contributed by atoms with Gasteiger partial charge in [0.2, 0.25) is 15.9 Å². The van der Waals surface area contributed by atoms with Crippen LogP contribution in [0.15, 0.2) is 30.3 Å². The van der Waals surface area contributed by atoms with Crippen molar-refractivity contribution >= 4 is 15.9 Å². The summed E-state index contributed by atoms with van der Waals surface area (Å²) in [6, 6.07) is 10.5. The van der Waals surface area contributed by atoms with Crippen LogP contribution in [0.3, 0.4) is 0 Å². The zero-order valence-corrected chi connectivity index (χ0v) is 17.0. The van der Waals surface area contributed by atoms with E-state index in [0.29, 0.717) is 19.0 Å². The fraction of sp³-hybridized carbons (Fsp3) is 0.650. The third-order valence-corrected chi connectivity index (χ3v) is 7.64. The number of hydrogen-bond donors (Lipinski definition) is 0. The number of likely N-dealkylation sites (tertiary alicyclic amines) is 1. The molecule has 0 atom stereocenters. The highest BCUT2D eigenvalue weighted by atomic mass is 32.2. The maximum Gasteiger partial charge on any atom is 0.223 e. The lowest BCUT2D eigenvalue weighted by Crippen LogP contribution is -2.48. The Balaban J connectivity index is 1.41. The highest BCUT2D eigenvalue weighted by Crippen LogP contribution is 2.22. The van der Waals surface area contributed by atoms with Gasteiger partial charge in [0.15, 0.2) is 0 Å². The molecular formula is C20H31N3O3S. The smallest absolute Gasteiger partial charge is 0.223 e. The molecule has 0 spiro atoms. The third kappa shape index (κ3) is 5.77. The molecule has 2 fully saturated rings. The normalized spacial score (nSPS) is 20.7. The summed E-state index contributed by atoms with van der Waals surface area (Å²) in [6.07, 6.45) is 3.14. The van der Waals surface area contributed by atoms with E-state index in [1.807, 2.05) is 18.0 Å². The predicted octanol–water partition coefficient (Wildman–Crippen LogP) is 1.44. The molecule has 2 aliphatic heterocycles. The topological polar surface area (TPSA) is 60.9 Å². The Bertz CT molecular complexity index is 707. The largest absolute Gasteiger partial charge is 0.343 e.